The lowest BCUT2D eigenvalue weighted by Crippen LogP contribution is -2.06. The highest BCUT2D eigenvalue weighted by Crippen LogP contribution is 2.36. The van der Waals surface area contributed by atoms with E-state index in [2.05, 4.69) is 26.6 Å². The van der Waals surface area contributed by atoms with E-state index in [1.807, 2.05) is 30.3 Å². The van der Waals surface area contributed by atoms with Crippen molar-refractivity contribution < 1.29 is 14.3 Å². The van der Waals surface area contributed by atoms with Crippen molar-refractivity contribution in [1.29, 1.82) is 0 Å². The molecule has 0 saturated carbocycles. The fraction of sp³-hybridized carbons (Fsp3) is 0.111. The van der Waals surface area contributed by atoms with E-state index in [-0.39, 0.29) is 11.8 Å². The molecule has 0 atom stereocenters. The van der Waals surface area contributed by atoms with Gasteiger partial charge in [0.05, 0.1) is 17.3 Å². The minimum atomic E-state index is -0.170. The fourth-order valence-corrected chi connectivity index (χ4v) is 3.12. The maximum absolute atomic E-state index is 12.3. The molecule has 2 aromatic rings. The van der Waals surface area contributed by atoms with Crippen molar-refractivity contribution in [3.63, 3.8) is 0 Å². The smallest absolute Gasteiger partial charge is 0.256 e. The van der Waals surface area contributed by atoms with Crippen LogP contribution >= 0.6 is 15.9 Å². The minimum Gasteiger partial charge on any atom is -0.496 e. The van der Waals surface area contributed by atoms with Gasteiger partial charge < -0.3 is 15.4 Å². The first-order valence-corrected chi connectivity index (χ1v) is 8.06. The van der Waals surface area contributed by atoms with Crippen LogP contribution in [0.2, 0.25) is 0 Å². The molecule has 2 amide bonds. The predicted molar refractivity (Wildman–Crippen MR) is 97.9 cm³/mol. The average Bonchev–Trinajstić information content (AvgIpc) is 2.82. The number of halogens is 1. The molecule has 0 fully saturated rings. The molecule has 0 radical (unpaired) electrons. The maximum Gasteiger partial charge on any atom is 0.256 e. The van der Waals surface area contributed by atoms with Crippen LogP contribution in [0.15, 0.2) is 40.9 Å². The molecule has 1 aliphatic heterocycles. The van der Waals surface area contributed by atoms with Crippen molar-refractivity contribution in [2.24, 2.45) is 0 Å². The fourth-order valence-electron chi connectivity index (χ4n) is 2.56. The molecule has 0 bridgehead atoms. The number of nitrogens with one attached hydrogen (secondary N) is 2. The van der Waals surface area contributed by atoms with Gasteiger partial charge in [-0.1, -0.05) is 12.1 Å². The monoisotopic (exact) mass is 386 g/mol. The Hall–Kier alpha value is -2.60. The molecule has 122 valence electrons. The summed E-state index contributed by atoms with van der Waals surface area (Å²) < 4.78 is 6.03. The van der Waals surface area contributed by atoms with E-state index < -0.39 is 0 Å². The number of fused-ring (bicyclic) bond motifs is 1. The Morgan fingerprint density at radius 2 is 2.04 bits per heavy atom. The van der Waals surface area contributed by atoms with E-state index in [1.165, 1.54) is 6.92 Å². The lowest BCUT2D eigenvalue weighted by atomic mass is 10.0. The summed E-state index contributed by atoms with van der Waals surface area (Å²) in [5.41, 5.74) is 3.60. The zero-order valence-corrected chi connectivity index (χ0v) is 14.7. The molecule has 2 N–H and O–H groups in total. The van der Waals surface area contributed by atoms with Crippen LogP contribution in [0.5, 0.6) is 5.75 Å². The molecule has 3 rings (SSSR count). The number of hydrogen-bond acceptors (Lipinski definition) is 3. The number of benzene rings is 2. The Kier molecular flexibility index (Phi) is 4.40. The summed E-state index contributed by atoms with van der Waals surface area (Å²) >= 11 is 3.44. The average molecular weight is 387 g/mol. The second kappa shape index (κ2) is 6.49. The number of methoxy groups -OCH3 is 1. The minimum absolute atomic E-state index is 0.155. The summed E-state index contributed by atoms with van der Waals surface area (Å²) in [7, 11) is 1.60. The van der Waals surface area contributed by atoms with Crippen molar-refractivity contribution in [1.82, 2.24) is 0 Å². The quantitative estimate of drug-likeness (QED) is 0.785. The Bertz CT molecular complexity index is 875. The lowest BCUT2D eigenvalue weighted by molar-refractivity contribution is -0.114. The third kappa shape index (κ3) is 3.19. The molecule has 6 heteroatoms. The van der Waals surface area contributed by atoms with Gasteiger partial charge >= 0.3 is 0 Å². The van der Waals surface area contributed by atoms with Gasteiger partial charge in [-0.15, -0.1) is 0 Å². The van der Waals surface area contributed by atoms with Crippen LogP contribution in [0.4, 0.5) is 11.4 Å². The summed E-state index contributed by atoms with van der Waals surface area (Å²) in [6, 6.07) is 11.0. The van der Waals surface area contributed by atoms with Gasteiger partial charge in [-0.25, -0.2) is 0 Å². The Labute approximate surface area is 147 Å². The summed E-state index contributed by atoms with van der Waals surface area (Å²) in [4.78, 5) is 23.4. The normalized spacial score (nSPS) is 14.3. The highest BCUT2D eigenvalue weighted by atomic mass is 79.9. The van der Waals surface area contributed by atoms with Gasteiger partial charge in [-0.3, -0.25) is 9.59 Å². The van der Waals surface area contributed by atoms with Gasteiger partial charge in [0.2, 0.25) is 5.91 Å². The van der Waals surface area contributed by atoms with Gasteiger partial charge in [0.1, 0.15) is 5.75 Å². The Balaban J connectivity index is 1.97. The Morgan fingerprint density at radius 1 is 1.25 bits per heavy atom. The molecule has 1 aliphatic rings. The number of amides is 2. The van der Waals surface area contributed by atoms with Gasteiger partial charge in [0, 0.05) is 23.7 Å². The number of ether oxygens (including phenoxy) is 1. The van der Waals surface area contributed by atoms with E-state index >= 15 is 0 Å². The first-order valence-electron chi connectivity index (χ1n) is 7.26. The van der Waals surface area contributed by atoms with Crippen molar-refractivity contribution in [3.8, 4) is 5.75 Å². The van der Waals surface area contributed by atoms with Crippen LogP contribution < -0.4 is 15.4 Å². The van der Waals surface area contributed by atoms with Crippen LogP contribution in [0.3, 0.4) is 0 Å². The second-order valence-corrected chi connectivity index (χ2v) is 6.20. The highest BCUT2D eigenvalue weighted by molar-refractivity contribution is 9.10. The number of anilines is 2. The Morgan fingerprint density at radius 3 is 2.71 bits per heavy atom. The van der Waals surface area contributed by atoms with E-state index in [0.717, 1.165) is 21.3 Å². The molecule has 0 saturated heterocycles. The molecule has 5 nitrogen and oxygen atoms in total. The predicted octanol–water partition coefficient (Wildman–Crippen LogP) is 3.91. The highest BCUT2D eigenvalue weighted by Gasteiger charge is 2.24. The molecule has 0 unspecified atom stereocenters. The molecule has 0 spiro atoms. The standard InChI is InChI=1S/C18H15BrN2O3/c1-10(22)20-12-4-5-13-14(18(23)21-16(13)9-12)7-11-3-6-17(24-2)15(19)8-11/h3-9H,1-2H3,(H,20,22)(H,21,23)/b14-7-. The molecule has 24 heavy (non-hydrogen) atoms. The van der Waals surface area contributed by atoms with Gasteiger partial charge in [-0.05, 0) is 51.8 Å². The summed E-state index contributed by atoms with van der Waals surface area (Å²) in [5.74, 6) is 0.406. The van der Waals surface area contributed by atoms with Gasteiger partial charge in [-0.2, -0.15) is 0 Å². The van der Waals surface area contributed by atoms with Gasteiger partial charge in [0.25, 0.3) is 5.91 Å². The van der Waals surface area contributed by atoms with E-state index in [1.54, 1.807) is 19.2 Å². The van der Waals surface area contributed by atoms with Gasteiger partial charge in [0.15, 0.2) is 0 Å². The lowest BCUT2D eigenvalue weighted by Gasteiger charge is -2.05. The maximum atomic E-state index is 12.3. The first kappa shape index (κ1) is 16.3. The van der Waals surface area contributed by atoms with Crippen molar-refractivity contribution >= 4 is 50.8 Å². The largest absolute Gasteiger partial charge is 0.496 e. The first-order chi connectivity index (χ1) is 11.5. The van der Waals surface area contributed by atoms with E-state index in [9.17, 15) is 9.59 Å². The number of carbonyl (C=O) groups excluding carboxylic acids is 2. The topological polar surface area (TPSA) is 67.4 Å². The summed E-state index contributed by atoms with van der Waals surface area (Å²) in [6.07, 6.45) is 1.82. The van der Waals surface area contributed by atoms with Crippen molar-refractivity contribution in [2.45, 2.75) is 6.92 Å². The second-order valence-electron chi connectivity index (χ2n) is 5.35. The molecule has 1 heterocycles. The third-order valence-corrected chi connectivity index (χ3v) is 4.23. The zero-order chi connectivity index (χ0) is 17.3. The molecule has 0 aromatic heterocycles. The number of carbonyl (C=O) groups is 2. The van der Waals surface area contributed by atoms with Crippen LogP contribution in [-0.4, -0.2) is 18.9 Å². The van der Waals surface area contributed by atoms with Crippen LogP contribution in [-0.2, 0) is 9.59 Å². The summed E-state index contributed by atoms with van der Waals surface area (Å²) in [5, 5.41) is 5.53. The molecule has 2 aromatic carbocycles. The third-order valence-electron chi connectivity index (χ3n) is 3.61. The number of hydrogen-bond donors (Lipinski definition) is 2. The van der Waals surface area contributed by atoms with Crippen LogP contribution in [0.1, 0.15) is 18.1 Å². The van der Waals surface area contributed by atoms with E-state index in [4.69, 9.17) is 4.74 Å². The van der Waals surface area contributed by atoms with Crippen molar-refractivity contribution in [2.75, 3.05) is 17.7 Å². The zero-order valence-electron chi connectivity index (χ0n) is 13.1. The van der Waals surface area contributed by atoms with E-state index in [0.29, 0.717) is 16.9 Å². The summed E-state index contributed by atoms with van der Waals surface area (Å²) in [6.45, 7) is 1.44. The van der Waals surface area contributed by atoms with Crippen molar-refractivity contribution in [3.05, 3.63) is 52.0 Å². The van der Waals surface area contributed by atoms with Crippen LogP contribution in [0.25, 0.3) is 11.6 Å². The molecular weight excluding hydrogens is 372 g/mol. The SMILES string of the molecule is COc1ccc(/C=C2\C(=O)Nc3cc(NC(C)=O)ccc32)cc1Br. The number of rotatable bonds is 3. The molecule has 0 aliphatic carbocycles. The van der Waals surface area contributed by atoms with Crippen LogP contribution in [0, 0.1) is 0 Å². The molecular formula is C18H15BrN2O3.